The van der Waals surface area contributed by atoms with Crippen LogP contribution in [0.3, 0.4) is 0 Å². The number of hydrogen-bond donors (Lipinski definition) is 1. The highest BCUT2D eigenvalue weighted by Crippen LogP contribution is 2.67. The zero-order valence-electron chi connectivity index (χ0n) is 15.7. The van der Waals surface area contributed by atoms with Crippen molar-refractivity contribution in [1.29, 1.82) is 0 Å². The van der Waals surface area contributed by atoms with Gasteiger partial charge in [0.2, 0.25) is 0 Å². The van der Waals surface area contributed by atoms with Gasteiger partial charge in [-0.2, -0.15) is 0 Å². The third-order valence-corrected chi connectivity index (χ3v) is 10.3. The Labute approximate surface area is 156 Å². The van der Waals surface area contributed by atoms with Crippen LogP contribution in [0.25, 0.3) is 0 Å². The van der Waals surface area contributed by atoms with E-state index in [2.05, 4.69) is 29.8 Å². The molecule has 0 radical (unpaired) electrons. The SMILES string of the molecule is CO[C@H]1CC[C@H]2[C@@H]3CC[C@H]4C[C@@](O)(CBr)CC[C@]4(C)[C@H]3CC[C@]12C. The average Bonchev–Trinajstić information content (AvgIpc) is 2.92. The van der Waals surface area contributed by atoms with Crippen LogP contribution < -0.4 is 0 Å². The zero-order valence-corrected chi connectivity index (χ0v) is 17.3. The van der Waals surface area contributed by atoms with Gasteiger partial charge in [-0.1, -0.05) is 29.8 Å². The zero-order chi connectivity index (χ0) is 17.2. The lowest BCUT2D eigenvalue weighted by molar-refractivity contribution is -0.152. The maximum absolute atomic E-state index is 10.8. The number of rotatable bonds is 2. The molecule has 4 fully saturated rings. The minimum Gasteiger partial charge on any atom is -0.389 e. The summed E-state index contributed by atoms with van der Waals surface area (Å²) in [6, 6.07) is 0. The number of ether oxygens (including phenoxy) is 1. The van der Waals surface area contributed by atoms with Crippen molar-refractivity contribution in [3.8, 4) is 0 Å². The molecule has 0 aromatic heterocycles. The smallest absolute Gasteiger partial charge is 0.0747 e. The number of alkyl halides is 1. The normalized spacial score (nSPS) is 57.1. The van der Waals surface area contributed by atoms with Crippen LogP contribution in [-0.2, 0) is 4.74 Å². The van der Waals surface area contributed by atoms with Gasteiger partial charge in [0.05, 0.1) is 11.7 Å². The molecule has 8 atom stereocenters. The van der Waals surface area contributed by atoms with Crippen LogP contribution in [-0.4, -0.2) is 29.3 Å². The molecular weight excluding hydrogens is 364 g/mol. The lowest BCUT2D eigenvalue weighted by Crippen LogP contribution is -2.56. The van der Waals surface area contributed by atoms with Crippen LogP contribution in [0, 0.1) is 34.5 Å². The van der Waals surface area contributed by atoms with E-state index in [4.69, 9.17) is 4.74 Å². The Morgan fingerprint density at radius 3 is 2.42 bits per heavy atom. The van der Waals surface area contributed by atoms with Crippen LogP contribution in [0.2, 0.25) is 0 Å². The fourth-order valence-corrected chi connectivity index (χ4v) is 8.29. The van der Waals surface area contributed by atoms with Gasteiger partial charge in [-0.15, -0.1) is 0 Å². The predicted octanol–water partition coefficient (Wildman–Crippen LogP) is 5.17. The summed E-state index contributed by atoms with van der Waals surface area (Å²) in [7, 11) is 1.92. The Bertz CT molecular complexity index is 496. The molecule has 0 heterocycles. The van der Waals surface area contributed by atoms with Gasteiger partial charge in [-0.3, -0.25) is 0 Å². The summed E-state index contributed by atoms with van der Waals surface area (Å²) in [6.45, 7) is 5.10. The highest BCUT2D eigenvalue weighted by molar-refractivity contribution is 9.09. The van der Waals surface area contributed by atoms with Gasteiger partial charge in [0.1, 0.15) is 0 Å². The van der Waals surface area contributed by atoms with Crippen LogP contribution in [0.15, 0.2) is 0 Å². The van der Waals surface area contributed by atoms with Gasteiger partial charge >= 0.3 is 0 Å². The summed E-state index contributed by atoms with van der Waals surface area (Å²) in [6.07, 6.45) is 11.8. The molecule has 0 unspecified atom stereocenters. The number of fused-ring (bicyclic) bond motifs is 5. The van der Waals surface area contributed by atoms with Crippen molar-refractivity contribution >= 4 is 15.9 Å². The molecule has 0 bridgehead atoms. The minimum atomic E-state index is -0.450. The van der Waals surface area contributed by atoms with E-state index in [-0.39, 0.29) is 0 Å². The van der Waals surface area contributed by atoms with Crippen molar-refractivity contribution in [3.63, 3.8) is 0 Å². The molecule has 2 nitrogen and oxygen atoms in total. The maximum atomic E-state index is 10.8. The van der Waals surface area contributed by atoms with Crippen molar-refractivity contribution in [2.24, 2.45) is 34.5 Å². The second-order valence-electron chi connectivity index (χ2n) is 10.1. The average molecular weight is 399 g/mol. The van der Waals surface area contributed by atoms with Gasteiger partial charge in [-0.25, -0.2) is 0 Å². The summed E-state index contributed by atoms with van der Waals surface area (Å²) >= 11 is 3.56. The van der Waals surface area contributed by atoms with Gasteiger partial charge in [0.15, 0.2) is 0 Å². The number of hydrogen-bond acceptors (Lipinski definition) is 2. The minimum absolute atomic E-state index is 0.421. The fraction of sp³-hybridized carbons (Fsp3) is 1.00. The molecule has 24 heavy (non-hydrogen) atoms. The molecule has 0 amide bonds. The molecule has 3 heteroatoms. The van der Waals surface area contributed by atoms with Crippen molar-refractivity contribution in [2.75, 3.05) is 12.4 Å². The van der Waals surface area contributed by atoms with E-state index in [1.165, 1.54) is 44.9 Å². The Hall–Kier alpha value is 0.400. The summed E-state index contributed by atoms with van der Waals surface area (Å²) in [5.41, 5.74) is 0.433. The molecule has 4 rings (SSSR count). The van der Waals surface area contributed by atoms with Crippen molar-refractivity contribution in [3.05, 3.63) is 0 Å². The van der Waals surface area contributed by atoms with E-state index in [1.54, 1.807) is 0 Å². The summed E-state index contributed by atoms with van der Waals surface area (Å²) in [5, 5.41) is 11.6. The van der Waals surface area contributed by atoms with Crippen molar-refractivity contribution < 1.29 is 9.84 Å². The largest absolute Gasteiger partial charge is 0.389 e. The van der Waals surface area contributed by atoms with Gasteiger partial charge in [-0.05, 0) is 92.3 Å². The molecule has 0 saturated heterocycles. The van der Waals surface area contributed by atoms with Crippen molar-refractivity contribution in [1.82, 2.24) is 0 Å². The first-order valence-electron chi connectivity index (χ1n) is 10.2. The highest BCUT2D eigenvalue weighted by atomic mass is 79.9. The van der Waals surface area contributed by atoms with Crippen LogP contribution in [0.5, 0.6) is 0 Å². The quantitative estimate of drug-likeness (QED) is 0.649. The Morgan fingerprint density at radius 2 is 1.71 bits per heavy atom. The molecule has 138 valence electrons. The lowest BCUT2D eigenvalue weighted by Gasteiger charge is -2.61. The molecular formula is C21H35BrO2. The van der Waals surface area contributed by atoms with Gasteiger partial charge in [0, 0.05) is 12.4 Å². The third kappa shape index (κ3) is 2.40. The van der Waals surface area contributed by atoms with Crippen molar-refractivity contribution in [2.45, 2.75) is 83.3 Å². The Morgan fingerprint density at radius 1 is 0.958 bits per heavy atom. The summed E-state index contributed by atoms with van der Waals surface area (Å²) < 4.78 is 5.90. The van der Waals surface area contributed by atoms with E-state index in [1.807, 2.05) is 7.11 Å². The Kier molecular flexibility index (Phi) is 4.42. The predicted molar refractivity (Wildman–Crippen MR) is 101 cm³/mol. The second kappa shape index (κ2) is 5.96. The maximum Gasteiger partial charge on any atom is 0.0747 e. The second-order valence-corrected chi connectivity index (χ2v) is 10.6. The topological polar surface area (TPSA) is 29.5 Å². The Balaban J connectivity index is 1.58. The molecule has 0 aromatic carbocycles. The molecule has 0 aromatic rings. The first-order valence-corrected chi connectivity index (χ1v) is 11.3. The molecule has 1 N–H and O–H groups in total. The first kappa shape index (κ1) is 17.8. The van der Waals surface area contributed by atoms with E-state index in [9.17, 15) is 5.11 Å². The molecule has 4 aliphatic rings. The van der Waals surface area contributed by atoms with Gasteiger partial charge in [0.25, 0.3) is 0 Å². The molecule has 4 saturated carbocycles. The lowest BCUT2D eigenvalue weighted by atomic mass is 9.44. The van der Waals surface area contributed by atoms with Crippen LogP contribution >= 0.6 is 15.9 Å². The number of aliphatic hydroxyl groups is 1. The summed E-state index contributed by atoms with van der Waals surface area (Å²) in [4.78, 5) is 0. The van der Waals surface area contributed by atoms with E-state index >= 15 is 0 Å². The third-order valence-electron chi connectivity index (χ3n) is 9.27. The standard InChI is InChI=1S/C21H35BrO2/c1-19-10-11-21(23,13-22)12-14(19)4-5-15-16-6-7-18(24-3)20(16,2)9-8-17(15)19/h14-18,23H,4-13H2,1-3H3/t14-,15-,16-,17-,18-,19-,20-,21+/m0/s1. The van der Waals surface area contributed by atoms with E-state index in [0.717, 1.165) is 41.8 Å². The number of halogens is 1. The highest BCUT2D eigenvalue weighted by Gasteiger charge is 2.61. The van der Waals surface area contributed by atoms with Crippen LogP contribution in [0.1, 0.15) is 71.6 Å². The summed E-state index contributed by atoms with van der Waals surface area (Å²) in [5.74, 6) is 3.38. The fourth-order valence-electron chi connectivity index (χ4n) is 7.78. The molecule has 4 aliphatic carbocycles. The monoisotopic (exact) mass is 398 g/mol. The number of methoxy groups -OCH3 is 1. The first-order chi connectivity index (χ1) is 11.4. The van der Waals surface area contributed by atoms with Crippen LogP contribution in [0.4, 0.5) is 0 Å². The van der Waals surface area contributed by atoms with Gasteiger partial charge < -0.3 is 9.84 Å². The molecule has 0 aliphatic heterocycles. The van der Waals surface area contributed by atoms with E-state index in [0.29, 0.717) is 16.9 Å². The van der Waals surface area contributed by atoms with E-state index < -0.39 is 5.60 Å². The molecule has 0 spiro atoms.